The lowest BCUT2D eigenvalue weighted by Gasteiger charge is -2.37. The van der Waals surface area contributed by atoms with Crippen molar-refractivity contribution >= 4 is 23.1 Å². The molecule has 1 heterocycles. The number of carbonyl (C=O) groups excluding carboxylic acids is 2. The molecule has 0 radical (unpaired) electrons. The fourth-order valence-electron chi connectivity index (χ4n) is 4.03. The van der Waals surface area contributed by atoms with Crippen LogP contribution >= 0.6 is 0 Å². The molecule has 28 heavy (non-hydrogen) atoms. The predicted molar refractivity (Wildman–Crippen MR) is 108 cm³/mol. The highest BCUT2D eigenvalue weighted by Crippen LogP contribution is 2.45. The number of ether oxygens (including phenoxy) is 1. The summed E-state index contributed by atoms with van der Waals surface area (Å²) in [6.45, 7) is 1.49. The van der Waals surface area contributed by atoms with Gasteiger partial charge >= 0.3 is 6.09 Å². The molecule has 2 N–H and O–H groups in total. The van der Waals surface area contributed by atoms with Gasteiger partial charge in [0.1, 0.15) is 6.61 Å². The molecular weight excluding hydrogens is 352 g/mol. The second-order valence-corrected chi connectivity index (χ2v) is 7.67. The smallest absolute Gasteiger partial charge is 0.410 e. The fourth-order valence-corrected chi connectivity index (χ4v) is 4.03. The van der Waals surface area contributed by atoms with Crippen molar-refractivity contribution in [3.63, 3.8) is 0 Å². The average molecular weight is 376 g/mol. The number of Topliss-reactive ketones (excluding diaryl/α,β-unsaturated/α-hetero) is 1. The van der Waals surface area contributed by atoms with Crippen molar-refractivity contribution in [2.45, 2.75) is 25.9 Å². The number of rotatable bonds is 3. The van der Waals surface area contributed by atoms with E-state index in [4.69, 9.17) is 10.5 Å². The largest absolute Gasteiger partial charge is 0.445 e. The third-order valence-corrected chi connectivity index (χ3v) is 5.71. The van der Waals surface area contributed by atoms with Gasteiger partial charge in [0, 0.05) is 30.8 Å². The Morgan fingerprint density at radius 2 is 1.71 bits per heavy atom. The molecule has 2 aromatic rings. The van der Waals surface area contributed by atoms with E-state index in [2.05, 4.69) is 6.08 Å². The van der Waals surface area contributed by atoms with Gasteiger partial charge in [-0.3, -0.25) is 4.79 Å². The first-order valence-electron chi connectivity index (χ1n) is 9.62. The zero-order valence-corrected chi connectivity index (χ0v) is 15.8. The summed E-state index contributed by atoms with van der Waals surface area (Å²) in [5.74, 6) is 0.171. The minimum Gasteiger partial charge on any atom is -0.445 e. The molecule has 4 rings (SSSR count). The lowest BCUT2D eigenvalue weighted by molar-refractivity contribution is -0.114. The van der Waals surface area contributed by atoms with Crippen molar-refractivity contribution in [3.8, 4) is 0 Å². The maximum atomic E-state index is 12.6. The van der Waals surface area contributed by atoms with Crippen LogP contribution in [-0.4, -0.2) is 29.9 Å². The first kappa shape index (κ1) is 18.3. The van der Waals surface area contributed by atoms with Gasteiger partial charge in [0.05, 0.1) is 0 Å². The Balaban J connectivity index is 1.37. The molecule has 144 valence electrons. The summed E-state index contributed by atoms with van der Waals surface area (Å²) in [5, 5.41) is 0. The maximum Gasteiger partial charge on any atom is 0.410 e. The number of carbonyl (C=O) groups is 2. The molecule has 5 heteroatoms. The number of ketones is 1. The molecule has 1 spiro atoms. The zero-order valence-electron chi connectivity index (χ0n) is 15.8. The van der Waals surface area contributed by atoms with Gasteiger partial charge in [0.15, 0.2) is 5.78 Å². The van der Waals surface area contributed by atoms with Crippen LogP contribution in [0.2, 0.25) is 0 Å². The molecule has 2 aromatic carbocycles. The van der Waals surface area contributed by atoms with Gasteiger partial charge in [0.25, 0.3) is 0 Å². The van der Waals surface area contributed by atoms with E-state index in [-0.39, 0.29) is 23.9 Å². The number of likely N-dealkylation sites (tertiary alicyclic amines) is 1. The molecule has 0 saturated carbocycles. The van der Waals surface area contributed by atoms with Gasteiger partial charge < -0.3 is 15.4 Å². The highest BCUT2D eigenvalue weighted by Gasteiger charge is 2.41. The normalized spacial score (nSPS) is 18.2. The molecular formula is C23H24N2O3. The van der Waals surface area contributed by atoms with E-state index in [1.54, 1.807) is 4.90 Å². The average Bonchev–Trinajstić information content (AvgIpc) is 3.04. The summed E-state index contributed by atoms with van der Waals surface area (Å²) in [6.07, 6.45) is 3.90. The summed E-state index contributed by atoms with van der Waals surface area (Å²) >= 11 is 0. The molecule has 0 aromatic heterocycles. The van der Waals surface area contributed by atoms with Crippen LogP contribution in [0.5, 0.6) is 0 Å². The van der Waals surface area contributed by atoms with Crippen molar-refractivity contribution in [2.75, 3.05) is 18.8 Å². The Hall–Kier alpha value is -3.08. The number of nitrogen functional groups attached to an aromatic ring is 1. The molecule has 5 nitrogen and oxygen atoms in total. The molecule has 0 unspecified atom stereocenters. The molecule has 0 bridgehead atoms. The quantitative estimate of drug-likeness (QED) is 0.821. The van der Waals surface area contributed by atoms with Gasteiger partial charge in [-0.1, -0.05) is 48.5 Å². The minimum atomic E-state index is -0.286. The number of allylic oxidation sites excluding steroid dienone is 2. The Morgan fingerprint density at radius 3 is 2.39 bits per heavy atom. The Morgan fingerprint density at radius 1 is 1.04 bits per heavy atom. The van der Waals surface area contributed by atoms with Gasteiger partial charge in [-0.15, -0.1) is 0 Å². The number of piperidine rings is 1. The van der Waals surface area contributed by atoms with Gasteiger partial charge in [0.2, 0.25) is 0 Å². The summed E-state index contributed by atoms with van der Waals surface area (Å²) in [4.78, 5) is 26.7. The molecule has 2 aliphatic rings. The number of benzene rings is 2. The molecule has 1 aliphatic heterocycles. The molecule has 1 amide bonds. The van der Waals surface area contributed by atoms with Crippen LogP contribution in [-0.2, 0) is 16.1 Å². The number of nitrogens with zero attached hydrogens (tertiary/aromatic N) is 1. The van der Waals surface area contributed by atoms with Crippen LogP contribution < -0.4 is 5.73 Å². The number of amides is 1. The van der Waals surface area contributed by atoms with Crippen LogP contribution in [0.4, 0.5) is 10.5 Å². The summed E-state index contributed by atoms with van der Waals surface area (Å²) in [5.41, 5.74) is 8.96. The minimum absolute atomic E-state index is 0.149. The van der Waals surface area contributed by atoms with Crippen molar-refractivity contribution in [3.05, 3.63) is 71.8 Å². The van der Waals surface area contributed by atoms with Crippen LogP contribution in [0.1, 0.15) is 30.4 Å². The van der Waals surface area contributed by atoms with Crippen LogP contribution in [0, 0.1) is 5.41 Å². The summed E-state index contributed by atoms with van der Waals surface area (Å²) in [6, 6.07) is 17.1. The first-order valence-corrected chi connectivity index (χ1v) is 9.62. The van der Waals surface area contributed by atoms with E-state index in [0.29, 0.717) is 25.2 Å². The maximum absolute atomic E-state index is 12.6. The van der Waals surface area contributed by atoms with Crippen LogP contribution in [0.15, 0.2) is 60.7 Å². The fraction of sp³-hybridized carbons (Fsp3) is 0.304. The van der Waals surface area contributed by atoms with Crippen molar-refractivity contribution in [1.29, 1.82) is 0 Å². The van der Waals surface area contributed by atoms with Gasteiger partial charge in [-0.2, -0.15) is 0 Å². The first-order chi connectivity index (χ1) is 13.5. The van der Waals surface area contributed by atoms with Crippen LogP contribution in [0.25, 0.3) is 5.57 Å². The Kier molecular flexibility index (Phi) is 4.90. The van der Waals surface area contributed by atoms with Gasteiger partial charge in [-0.05, 0) is 41.5 Å². The number of hydrogen-bond acceptors (Lipinski definition) is 4. The lowest BCUT2D eigenvalue weighted by Crippen LogP contribution is -2.42. The van der Waals surface area contributed by atoms with Gasteiger partial charge in [-0.25, -0.2) is 4.79 Å². The van der Waals surface area contributed by atoms with E-state index < -0.39 is 0 Å². The standard InChI is InChI=1S/C23H24N2O3/c24-19-8-6-18(7-9-19)20-14-23(15-21(20)26)10-12-25(13-11-23)22(27)28-16-17-4-2-1-3-5-17/h1-9,14H,10-13,15-16,24H2. The van der Waals surface area contributed by atoms with E-state index in [1.807, 2.05) is 54.6 Å². The highest BCUT2D eigenvalue weighted by atomic mass is 16.6. The van der Waals surface area contributed by atoms with E-state index in [9.17, 15) is 9.59 Å². The second-order valence-electron chi connectivity index (χ2n) is 7.67. The monoisotopic (exact) mass is 376 g/mol. The van der Waals surface area contributed by atoms with Crippen molar-refractivity contribution < 1.29 is 14.3 Å². The zero-order chi connectivity index (χ0) is 19.6. The second kappa shape index (κ2) is 7.50. The summed E-state index contributed by atoms with van der Waals surface area (Å²) in [7, 11) is 0. The molecule has 0 atom stereocenters. The van der Waals surface area contributed by atoms with E-state index >= 15 is 0 Å². The van der Waals surface area contributed by atoms with Crippen molar-refractivity contribution in [1.82, 2.24) is 4.90 Å². The van der Waals surface area contributed by atoms with E-state index in [0.717, 1.165) is 29.5 Å². The third kappa shape index (κ3) is 3.79. The summed E-state index contributed by atoms with van der Waals surface area (Å²) < 4.78 is 5.43. The number of nitrogens with two attached hydrogens (primary N) is 1. The third-order valence-electron chi connectivity index (χ3n) is 5.71. The highest BCUT2D eigenvalue weighted by molar-refractivity contribution is 6.23. The number of anilines is 1. The molecule has 1 saturated heterocycles. The predicted octanol–water partition coefficient (Wildman–Crippen LogP) is 4.04. The SMILES string of the molecule is Nc1ccc(C2=CC3(CCN(C(=O)OCc4ccccc4)CC3)CC2=O)cc1. The topological polar surface area (TPSA) is 72.6 Å². The van der Waals surface area contributed by atoms with Crippen molar-refractivity contribution in [2.24, 2.45) is 5.41 Å². The lowest BCUT2D eigenvalue weighted by atomic mass is 9.78. The Bertz CT molecular complexity index is 895. The van der Waals surface area contributed by atoms with E-state index in [1.165, 1.54) is 0 Å². The van der Waals surface area contributed by atoms with Crippen LogP contribution in [0.3, 0.4) is 0 Å². The molecule has 1 fully saturated rings. The molecule has 1 aliphatic carbocycles. The Labute approximate surface area is 164 Å². The number of hydrogen-bond donors (Lipinski definition) is 1.